The second-order valence-corrected chi connectivity index (χ2v) is 9.62. The summed E-state index contributed by atoms with van der Waals surface area (Å²) >= 11 is 0. The van der Waals surface area contributed by atoms with Gasteiger partial charge in [0.2, 0.25) is 0 Å². The maximum atomic E-state index is 12.4. The average molecular weight is 410 g/mol. The minimum atomic E-state index is -0.499. The van der Waals surface area contributed by atoms with Crippen LogP contribution in [0.3, 0.4) is 0 Å². The van der Waals surface area contributed by atoms with Crippen molar-refractivity contribution in [3.63, 3.8) is 0 Å². The van der Waals surface area contributed by atoms with E-state index in [1.807, 2.05) is 27.8 Å². The Morgan fingerprint density at radius 2 is 1.79 bits per heavy atom. The molecule has 1 unspecified atom stereocenters. The molecular weight excluding hydrogens is 366 g/mol. The van der Waals surface area contributed by atoms with E-state index in [1.165, 1.54) is 38.9 Å². The Morgan fingerprint density at radius 3 is 2.34 bits per heavy atom. The van der Waals surface area contributed by atoms with Crippen molar-refractivity contribution in [3.8, 4) is 0 Å². The lowest BCUT2D eigenvalue weighted by Gasteiger charge is -2.35. The molecule has 168 valence electrons. The molecule has 1 amide bonds. The summed E-state index contributed by atoms with van der Waals surface area (Å²) in [6.07, 6.45) is 5.21. The van der Waals surface area contributed by atoms with Crippen molar-refractivity contribution in [1.29, 1.82) is 0 Å². The van der Waals surface area contributed by atoms with E-state index in [0.717, 1.165) is 31.9 Å². The lowest BCUT2D eigenvalue weighted by Crippen LogP contribution is -2.57. The molecule has 2 N–H and O–H groups in total. The van der Waals surface area contributed by atoms with Crippen LogP contribution in [0.15, 0.2) is 4.99 Å². The smallest absolute Gasteiger partial charge is 0.408 e. The molecule has 0 spiro atoms. The number of ether oxygens (including phenoxy) is 1. The maximum absolute atomic E-state index is 12.4. The molecule has 29 heavy (non-hydrogen) atoms. The Bertz CT molecular complexity index is 548. The number of guanidine groups is 1. The van der Waals surface area contributed by atoms with Crippen LogP contribution < -0.4 is 10.6 Å². The molecule has 0 bridgehead atoms. The molecule has 0 aromatic carbocycles. The molecule has 0 saturated carbocycles. The second-order valence-electron chi connectivity index (χ2n) is 9.62. The summed E-state index contributed by atoms with van der Waals surface area (Å²) in [5.74, 6) is 1.65. The van der Waals surface area contributed by atoms with Crippen LogP contribution in [0.2, 0.25) is 0 Å². The fourth-order valence-corrected chi connectivity index (χ4v) is 4.33. The normalized spacial score (nSPS) is 21.5. The number of carbonyl (C=O) groups excluding carboxylic acids is 1. The molecule has 2 fully saturated rings. The predicted molar refractivity (Wildman–Crippen MR) is 119 cm³/mol. The Balaban J connectivity index is 1.88. The number of alkyl carbamates (subject to hydrolysis) is 1. The van der Waals surface area contributed by atoms with Crippen LogP contribution in [0.25, 0.3) is 0 Å². The van der Waals surface area contributed by atoms with E-state index in [2.05, 4.69) is 39.3 Å². The molecule has 1 atom stereocenters. The Labute approximate surface area is 177 Å². The van der Waals surface area contributed by atoms with Gasteiger partial charge in [0, 0.05) is 33.2 Å². The van der Waals surface area contributed by atoms with Gasteiger partial charge in [-0.2, -0.15) is 0 Å². The van der Waals surface area contributed by atoms with E-state index in [-0.39, 0.29) is 11.6 Å². The van der Waals surface area contributed by atoms with Crippen molar-refractivity contribution in [1.82, 2.24) is 20.4 Å². The number of nitrogens with one attached hydrogen (secondary N) is 2. The third-order valence-electron chi connectivity index (χ3n) is 6.22. The van der Waals surface area contributed by atoms with Crippen LogP contribution in [0.4, 0.5) is 4.79 Å². The molecule has 0 aliphatic carbocycles. The summed E-state index contributed by atoms with van der Waals surface area (Å²) in [5, 5.41) is 6.64. The molecule has 2 saturated heterocycles. The van der Waals surface area contributed by atoms with Gasteiger partial charge in [-0.1, -0.05) is 13.8 Å². The monoisotopic (exact) mass is 409 g/mol. The van der Waals surface area contributed by atoms with Crippen LogP contribution in [-0.4, -0.2) is 79.3 Å². The maximum Gasteiger partial charge on any atom is 0.408 e. The Hall–Kier alpha value is -1.50. The second kappa shape index (κ2) is 10.5. The zero-order chi connectivity index (χ0) is 21.5. The summed E-state index contributed by atoms with van der Waals surface area (Å²) in [6, 6.07) is 0. The standard InChI is InChI=1S/C22H43N5O2/c1-7-22(8-2,25-20(28)29-21(3,4)5)17-24-19(23-6)27-14-11-18(16-27)15-26-12-9-10-13-26/h18H,7-17H2,1-6H3,(H,23,24)(H,25,28). The highest BCUT2D eigenvalue weighted by Crippen LogP contribution is 2.21. The van der Waals surface area contributed by atoms with Gasteiger partial charge < -0.3 is 25.2 Å². The molecule has 7 heteroatoms. The lowest BCUT2D eigenvalue weighted by molar-refractivity contribution is 0.0448. The van der Waals surface area contributed by atoms with E-state index in [0.29, 0.717) is 12.5 Å². The van der Waals surface area contributed by atoms with Crippen molar-refractivity contribution >= 4 is 12.1 Å². The number of hydrogen-bond donors (Lipinski definition) is 2. The SMILES string of the molecule is CCC(CC)(CNC(=NC)N1CCC(CN2CCCC2)C1)NC(=O)OC(C)(C)C. The van der Waals surface area contributed by atoms with Crippen molar-refractivity contribution in [3.05, 3.63) is 0 Å². The molecule has 7 nitrogen and oxygen atoms in total. The summed E-state index contributed by atoms with van der Waals surface area (Å²) < 4.78 is 5.48. The number of amides is 1. The third kappa shape index (κ3) is 7.36. The molecule has 0 aromatic heterocycles. The van der Waals surface area contributed by atoms with Crippen molar-refractivity contribution < 1.29 is 9.53 Å². The fraction of sp³-hybridized carbons (Fsp3) is 0.909. The van der Waals surface area contributed by atoms with E-state index in [1.54, 1.807) is 0 Å². The van der Waals surface area contributed by atoms with Crippen LogP contribution in [0.5, 0.6) is 0 Å². The first-order valence-electron chi connectivity index (χ1n) is 11.4. The number of likely N-dealkylation sites (tertiary alicyclic amines) is 2. The first-order chi connectivity index (χ1) is 13.7. The largest absolute Gasteiger partial charge is 0.444 e. The average Bonchev–Trinajstić information content (AvgIpc) is 3.32. The van der Waals surface area contributed by atoms with Crippen LogP contribution in [0, 0.1) is 5.92 Å². The summed E-state index contributed by atoms with van der Waals surface area (Å²) in [7, 11) is 1.84. The molecule has 2 aliphatic rings. The van der Waals surface area contributed by atoms with Crippen LogP contribution in [-0.2, 0) is 4.74 Å². The summed E-state index contributed by atoms with van der Waals surface area (Å²) in [5.41, 5.74) is -0.854. The molecule has 2 heterocycles. The van der Waals surface area contributed by atoms with Gasteiger partial charge in [-0.05, 0) is 71.9 Å². The highest BCUT2D eigenvalue weighted by molar-refractivity contribution is 5.80. The van der Waals surface area contributed by atoms with Gasteiger partial charge in [-0.25, -0.2) is 4.79 Å². The van der Waals surface area contributed by atoms with Gasteiger partial charge in [0.25, 0.3) is 0 Å². The molecule has 0 radical (unpaired) electrons. The number of nitrogens with zero attached hydrogens (tertiary/aromatic N) is 3. The van der Waals surface area contributed by atoms with Crippen molar-refractivity contribution in [2.45, 2.75) is 77.9 Å². The van der Waals surface area contributed by atoms with Gasteiger partial charge in [-0.15, -0.1) is 0 Å². The summed E-state index contributed by atoms with van der Waals surface area (Å²) in [6.45, 7) is 16.3. The quantitative estimate of drug-likeness (QED) is 0.500. The van der Waals surface area contributed by atoms with E-state index in [9.17, 15) is 4.79 Å². The fourth-order valence-electron chi connectivity index (χ4n) is 4.33. The number of aliphatic imine (C=N–C) groups is 1. The number of carbonyl (C=O) groups is 1. The first-order valence-corrected chi connectivity index (χ1v) is 11.4. The molecule has 2 aliphatic heterocycles. The van der Waals surface area contributed by atoms with Crippen LogP contribution >= 0.6 is 0 Å². The van der Waals surface area contributed by atoms with Gasteiger partial charge in [0.1, 0.15) is 5.60 Å². The molecular formula is C22H43N5O2. The topological polar surface area (TPSA) is 69.2 Å². The Morgan fingerprint density at radius 1 is 1.14 bits per heavy atom. The van der Waals surface area contributed by atoms with E-state index in [4.69, 9.17) is 4.74 Å². The highest BCUT2D eigenvalue weighted by atomic mass is 16.6. The zero-order valence-electron chi connectivity index (χ0n) is 19.5. The highest BCUT2D eigenvalue weighted by Gasteiger charge is 2.32. The molecule has 0 aromatic rings. The van der Waals surface area contributed by atoms with Crippen LogP contribution in [0.1, 0.15) is 66.7 Å². The minimum absolute atomic E-state index is 0.354. The van der Waals surface area contributed by atoms with Crippen molar-refractivity contribution in [2.24, 2.45) is 10.9 Å². The third-order valence-corrected chi connectivity index (χ3v) is 6.22. The molecule has 2 rings (SSSR count). The number of hydrogen-bond acceptors (Lipinski definition) is 4. The van der Waals surface area contributed by atoms with Gasteiger partial charge in [-0.3, -0.25) is 4.99 Å². The lowest BCUT2D eigenvalue weighted by atomic mass is 9.93. The zero-order valence-corrected chi connectivity index (χ0v) is 19.5. The van der Waals surface area contributed by atoms with Gasteiger partial charge in [0.15, 0.2) is 5.96 Å². The predicted octanol–water partition coefficient (Wildman–Crippen LogP) is 3.06. The van der Waals surface area contributed by atoms with Crippen molar-refractivity contribution in [2.75, 3.05) is 46.3 Å². The van der Waals surface area contributed by atoms with Gasteiger partial charge in [0.05, 0.1) is 5.54 Å². The number of rotatable bonds is 7. The van der Waals surface area contributed by atoms with Gasteiger partial charge >= 0.3 is 6.09 Å². The first kappa shape index (κ1) is 23.8. The Kier molecular flexibility index (Phi) is 8.61. The minimum Gasteiger partial charge on any atom is -0.444 e. The summed E-state index contributed by atoms with van der Waals surface area (Å²) in [4.78, 5) is 21.9. The van der Waals surface area contributed by atoms with E-state index >= 15 is 0 Å². The van der Waals surface area contributed by atoms with E-state index < -0.39 is 5.60 Å².